The Kier molecular flexibility index (Phi) is 3.92. The van der Waals surface area contributed by atoms with Crippen molar-refractivity contribution in [3.63, 3.8) is 0 Å². The minimum atomic E-state index is 0.278. The SMILES string of the molecule is CC(C)(C)c1ccc([S+]2C3CCCC2CSC3)cc1. The first-order chi connectivity index (χ1) is 9.05. The molecule has 104 valence electrons. The quantitative estimate of drug-likeness (QED) is 0.680. The number of thioether (sulfide) groups is 1. The zero-order chi connectivity index (χ0) is 13.5. The van der Waals surface area contributed by atoms with Crippen LogP contribution in [0.1, 0.15) is 45.6 Å². The Balaban J connectivity index is 1.85. The summed E-state index contributed by atoms with van der Waals surface area (Å²) in [5.74, 6) is 2.81. The van der Waals surface area contributed by atoms with Gasteiger partial charge in [-0.1, -0.05) is 32.9 Å². The number of hydrogen-bond acceptors (Lipinski definition) is 1. The van der Waals surface area contributed by atoms with E-state index in [4.69, 9.17) is 0 Å². The highest BCUT2D eigenvalue weighted by atomic mass is 32.2. The largest absolute Gasteiger partial charge is 0.155 e. The predicted molar refractivity (Wildman–Crippen MR) is 89.5 cm³/mol. The molecular formula is C17H25S2+. The molecule has 0 aliphatic carbocycles. The lowest BCUT2D eigenvalue weighted by atomic mass is 9.87. The van der Waals surface area contributed by atoms with Crippen molar-refractivity contribution < 1.29 is 0 Å². The highest BCUT2D eigenvalue weighted by Crippen LogP contribution is 2.41. The van der Waals surface area contributed by atoms with Crippen molar-refractivity contribution in [1.29, 1.82) is 0 Å². The Hall–Kier alpha value is -0.0800. The second kappa shape index (κ2) is 5.37. The lowest BCUT2D eigenvalue weighted by Gasteiger charge is -2.34. The van der Waals surface area contributed by atoms with Crippen LogP contribution in [0.3, 0.4) is 0 Å². The van der Waals surface area contributed by atoms with Gasteiger partial charge in [-0.05, 0) is 42.4 Å². The van der Waals surface area contributed by atoms with Gasteiger partial charge in [-0.2, -0.15) is 11.8 Å². The third-order valence-electron chi connectivity index (χ3n) is 4.37. The van der Waals surface area contributed by atoms with Gasteiger partial charge in [0.2, 0.25) is 0 Å². The minimum Gasteiger partial charge on any atom is -0.152 e. The summed E-state index contributed by atoms with van der Waals surface area (Å²) < 4.78 is 0. The van der Waals surface area contributed by atoms with E-state index >= 15 is 0 Å². The molecule has 0 radical (unpaired) electrons. The zero-order valence-electron chi connectivity index (χ0n) is 12.3. The summed E-state index contributed by atoms with van der Waals surface area (Å²) in [5.41, 5.74) is 1.75. The van der Waals surface area contributed by atoms with Gasteiger partial charge in [-0.15, -0.1) is 0 Å². The van der Waals surface area contributed by atoms with E-state index in [9.17, 15) is 0 Å². The summed E-state index contributed by atoms with van der Waals surface area (Å²) in [7, 11) is 0.540. The maximum atomic E-state index is 2.44. The Morgan fingerprint density at radius 1 is 1.00 bits per heavy atom. The molecule has 0 saturated carbocycles. The normalized spacial score (nSPS) is 31.2. The molecule has 2 fully saturated rings. The lowest BCUT2D eigenvalue weighted by molar-refractivity contribution is 0.589. The smallest absolute Gasteiger partial charge is 0.152 e. The van der Waals surface area contributed by atoms with E-state index in [-0.39, 0.29) is 5.41 Å². The van der Waals surface area contributed by atoms with E-state index in [0.29, 0.717) is 10.9 Å². The van der Waals surface area contributed by atoms with Crippen LogP contribution in [0.25, 0.3) is 0 Å². The highest BCUT2D eigenvalue weighted by molar-refractivity contribution is 8.05. The van der Waals surface area contributed by atoms with E-state index in [1.165, 1.54) is 36.3 Å². The Morgan fingerprint density at radius 3 is 2.11 bits per heavy atom. The number of rotatable bonds is 1. The van der Waals surface area contributed by atoms with Crippen LogP contribution < -0.4 is 0 Å². The van der Waals surface area contributed by atoms with E-state index < -0.39 is 0 Å². The van der Waals surface area contributed by atoms with Crippen LogP contribution in [0.15, 0.2) is 29.2 Å². The van der Waals surface area contributed by atoms with E-state index in [1.54, 1.807) is 4.90 Å². The van der Waals surface area contributed by atoms with Crippen LogP contribution in [-0.4, -0.2) is 22.0 Å². The number of fused-ring (bicyclic) bond motifs is 2. The molecule has 2 saturated heterocycles. The van der Waals surface area contributed by atoms with Crippen LogP contribution in [0, 0.1) is 0 Å². The van der Waals surface area contributed by atoms with E-state index in [2.05, 4.69) is 56.8 Å². The van der Waals surface area contributed by atoms with E-state index in [1.807, 2.05) is 0 Å². The van der Waals surface area contributed by atoms with Crippen molar-refractivity contribution in [2.24, 2.45) is 0 Å². The maximum Gasteiger partial charge on any atom is 0.155 e. The molecule has 0 aromatic heterocycles. The molecule has 1 aromatic carbocycles. The summed E-state index contributed by atoms with van der Waals surface area (Å²) in [6, 6.07) is 9.62. The van der Waals surface area contributed by atoms with Crippen molar-refractivity contribution >= 4 is 22.7 Å². The number of benzene rings is 1. The summed E-state index contributed by atoms with van der Waals surface area (Å²) in [5, 5.41) is 1.94. The molecule has 2 bridgehead atoms. The fourth-order valence-corrected chi connectivity index (χ4v) is 8.59. The molecule has 2 atom stereocenters. The average molecular weight is 294 g/mol. The van der Waals surface area contributed by atoms with Gasteiger partial charge in [-0.25, -0.2) is 0 Å². The molecule has 2 unspecified atom stereocenters. The second-order valence-electron chi connectivity index (χ2n) is 6.86. The standard InChI is InChI=1S/C17H25S2/c1-17(2,3)13-7-9-14(10-8-13)19-15-5-4-6-16(19)12-18-11-15/h7-10,15-16H,4-6,11-12H2,1-3H3/q+1. The first kappa shape index (κ1) is 13.9. The third kappa shape index (κ3) is 2.85. The predicted octanol–water partition coefficient (Wildman–Crippen LogP) is 4.63. The van der Waals surface area contributed by atoms with Crippen molar-refractivity contribution in [2.45, 2.75) is 60.8 Å². The Bertz CT molecular complexity index is 408. The first-order valence-corrected chi connectivity index (χ1v) is 9.96. The molecule has 1 aromatic rings. The Morgan fingerprint density at radius 2 is 1.58 bits per heavy atom. The van der Waals surface area contributed by atoms with Crippen LogP contribution in [0.5, 0.6) is 0 Å². The van der Waals surface area contributed by atoms with Crippen LogP contribution in [0.2, 0.25) is 0 Å². The second-order valence-corrected chi connectivity index (χ2v) is 10.5. The third-order valence-corrected chi connectivity index (χ3v) is 9.13. The lowest BCUT2D eigenvalue weighted by Crippen LogP contribution is -2.43. The topological polar surface area (TPSA) is 0 Å². The zero-order valence-corrected chi connectivity index (χ0v) is 13.9. The first-order valence-electron chi connectivity index (χ1n) is 7.46. The van der Waals surface area contributed by atoms with Gasteiger partial charge in [0.15, 0.2) is 4.90 Å². The summed E-state index contributed by atoms with van der Waals surface area (Å²) in [6.45, 7) is 6.91. The molecule has 2 aliphatic heterocycles. The molecule has 2 heterocycles. The monoisotopic (exact) mass is 293 g/mol. The molecule has 2 aliphatic rings. The molecule has 0 N–H and O–H groups in total. The summed E-state index contributed by atoms with van der Waals surface area (Å²) in [4.78, 5) is 1.64. The van der Waals surface area contributed by atoms with Crippen molar-refractivity contribution in [2.75, 3.05) is 11.5 Å². The molecule has 3 rings (SSSR count). The van der Waals surface area contributed by atoms with Gasteiger partial charge in [-0.3, -0.25) is 0 Å². The maximum absolute atomic E-state index is 2.44. The molecule has 2 heteroatoms. The molecule has 19 heavy (non-hydrogen) atoms. The number of hydrogen-bond donors (Lipinski definition) is 0. The van der Waals surface area contributed by atoms with Crippen LogP contribution in [-0.2, 0) is 16.3 Å². The van der Waals surface area contributed by atoms with Gasteiger partial charge in [0, 0.05) is 22.4 Å². The van der Waals surface area contributed by atoms with Crippen molar-refractivity contribution in [3.8, 4) is 0 Å². The summed E-state index contributed by atoms with van der Waals surface area (Å²) in [6.07, 6.45) is 4.40. The fraction of sp³-hybridized carbons (Fsp3) is 0.647. The molecular weight excluding hydrogens is 268 g/mol. The van der Waals surface area contributed by atoms with Crippen molar-refractivity contribution in [1.82, 2.24) is 0 Å². The van der Waals surface area contributed by atoms with E-state index in [0.717, 1.165) is 10.5 Å². The van der Waals surface area contributed by atoms with Gasteiger partial charge in [0.05, 0.1) is 0 Å². The van der Waals surface area contributed by atoms with Gasteiger partial charge in [0.25, 0.3) is 0 Å². The highest BCUT2D eigenvalue weighted by Gasteiger charge is 2.46. The fourth-order valence-electron chi connectivity index (χ4n) is 3.24. The van der Waals surface area contributed by atoms with Crippen molar-refractivity contribution in [3.05, 3.63) is 29.8 Å². The molecule has 0 spiro atoms. The minimum absolute atomic E-state index is 0.278. The van der Waals surface area contributed by atoms with Crippen LogP contribution >= 0.6 is 11.8 Å². The van der Waals surface area contributed by atoms with Crippen LogP contribution in [0.4, 0.5) is 0 Å². The summed E-state index contributed by atoms with van der Waals surface area (Å²) >= 11 is 2.20. The average Bonchev–Trinajstić information content (AvgIpc) is 2.37. The van der Waals surface area contributed by atoms with Gasteiger partial charge in [0.1, 0.15) is 10.5 Å². The van der Waals surface area contributed by atoms with Gasteiger partial charge < -0.3 is 0 Å². The molecule has 0 nitrogen and oxygen atoms in total. The molecule has 0 amide bonds. The van der Waals surface area contributed by atoms with Gasteiger partial charge >= 0.3 is 0 Å². The Labute approximate surface area is 125 Å².